The molecule has 0 radical (unpaired) electrons. The topological polar surface area (TPSA) is 67.8 Å². The lowest BCUT2D eigenvalue weighted by molar-refractivity contribution is -0.111. The van der Waals surface area contributed by atoms with Gasteiger partial charge < -0.3 is 0 Å². The summed E-state index contributed by atoms with van der Waals surface area (Å²) in [5.74, 6) is -0.0866. The van der Waals surface area contributed by atoms with Crippen LogP contribution in [0.3, 0.4) is 0 Å². The predicted molar refractivity (Wildman–Crippen MR) is 87.2 cm³/mol. The summed E-state index contributed by atoms with van der Waals surface area (Å²) in [5.41, 5.74) is 1.41. The van der Waals surface area contributed by atoms with E-state index in [9.17, 15) is 9.18 Å². The highest BCUT2D eigenvalue weighted by Crippen LogP contribution is 2.15. The van der Waals surface area contributed by atoms with Crippen LogP contribution in [0.2, 0.25) is 0 Å². The first kappa shape index (κ1) is 15.0. The Morgan fingerprint density at radius 2 is 1.87 bits per heavy atom. The molecule has 114 valence electrons. The average Bonchev–Trinajstić information content (AvgIpc) is 3.07. The molecular formula is C16H11FN4OS. The van der Waals surface area contributed by atoms with Gasteiger partial charge in [-0.25, -0.2) is 19.3 Å². The Bertz CT molecular complexity index is 814. The quantitative estimate of drug-likeness (QED) is 0.746. The molecule has 3 rings (SSSR count). The van der Waals surface area contributed by atoms with E-state index in [1.807, 2.05) is 0 Å². The number of carbonyl (C=O) groups is 1. The monoisotopic (exact) mass is 326 g/mol. The van der Waals surface area contributed by atoms with Crippen molar-refractivity contribution in [2.45, 2.75) is 0 Å². The molecule has 23 heavy (non-hydrogen) atoms. The summed E-state index contributed by atoms with van der Waals surface area (Å²) in [6.07, 6.45) is 7.80. The maximum atomic E-state index is 12.9. The standard InChI is InChI=1S/C16H11FN4OS/c17-13-4-2-12(3-5-13)15-19-9-11(10-20-15)1-6-14(22)21-16-18-7-8-23-16/h1-10H,(H,18,21,22)/b6-1+. The van der Waals surface area contributed by atoms with Crippen molar-refractivity contribution >= 4 is 28.5 Å². The summed E-state index contributed by atoms with van der Waals surface area (Å²) in [4.78, 5) is 24.1. The Morgan fingerprint density at radius 1 is 1.13 bits per heavy atom. The van der Waals surface area contributed by atoms with E-state index in [-0.39, 0.29) is 11.7 Å². The van der Waals surface area contributed by atoms with Gasteiger partial charge in [0.2, 0.25) is 5.91 Å². The average molecular weight is 326 g/mol. The molecule has 0 aliphatic rings. The van der Waals surface area contributed by atoms with Crippen molar-refractivity contribution in [3.63, 3.8) is 0 Å². The second-order valence-corrected chi connectivity index (χ2v) is 5.40. The fraction of sp³-hybridized carbons (Fsp3) is 0. The smallest absolute Gasteiger partial charge is 0.250 e. The molecule has 2 aromatic heterocycles. The first-order valence-electron chi connectivity index (χ1n) is 6.67. The number of rotatable bonds is 4. The first-order valence-corrected chi connectivity index (χ1v) is 7.55. The molecule has 0 atom stereocenters. The van der Waals surface area contributed by atoms with Crippen LogP contribution >= 0.6 is 11.3 Å². The molecule has 3 aromatic rings. The highest BCUT2D eigenvalue weighted by molar-refractivity contribution is 7.13. The Hall–Kier alpha value is -2.93. The van der Waals surface area contributed by atoms with E-state index < -0.39 is 0 Å². The highest BCUT2D eigenvalue weighted by atomic mass is 32.1. The zero-order valence-corrected chi connectivity index (χ0v) is 12.6. The van der Waals surface area contributed by atoms with Crippen molar-refractivity contribution in [1.82, 2.24) is 15.0 Å². The molecule has 0 aliphatic carbocycles. The number of hydrogen-bond acceptors (Lipinski definition) is 5. The van der Waals surface area contributed by atoms with Crippen molar-refractivity contribution in [1.29, 1.82) is 0 Å². The molecule has 0 fully saturated rings. The van der Waals surface area contributed by atoms with Gasteiger partial charge in [0.25, 0.3) is 0 Å². The Morgan fingerprint density at radius 3 is 2.52 bits per heavy atom. The van der Waals surface area contributed by atoms with Crippen LogP contribution in [0.1, 0.15) is 5.56 Å². The molecule has 1 aromatic carbocycles. The number of thiazole rings is 1. The van der Waals surface area contributed by atoms with Crippen molar-refractivity contribution < 1.29 is 9.18 Å². The number of benzene rings is 1. The third-order valence-corrected chi connectivity index (χ3v) is 3.55. The van der Waals surface area contributed by atoms with Gasteiger partial charge in [0.1, 0.15) is 5.82 Å². The SMILES string of the molecule is O=C(/C=C/c1cnc(-c2ccc(F)cc2)nc1)Nc1nccs1. The Kier molecular flexibility index (Phi) is 4.49. The maximum Gasteiger partial charge on any atom is 0.250 e. The zero-order valence-electron chi connectivity index (χ0n) is 11.8. The van der Waals surface area contributed by atoms with Gasteiger partial charge in [0.05, 0.1) is 0 Å². The lowest BCUT2D eigenvalue weighted by Gasteiger charge is -2.00. The molecule has 1 N–H and O–H groups in total. The number of nitrogens with zero attached hydrogens (tertiary/aromatic N) is 3. The second kappa shape index (κ2) is 6.89. The normalized spacial score (nSPS) is 10.8. The third kappa shape index (κ3) is 4.04. The van der Waals surface area contributed by atoms with Gasteiger partial charge in [-0.2, -0.15) is 0 Å². The number of halogens is 1. The summed E-state index contributed by atoms with van der Waals surface area (Å²) < 4.78 is 12.9. The number of amides is 1. The van der Waals surface area contributed by atoms with Gasteiger partial charge in [-0.3, -0.25) is 10.1 Å². The molecule has 0 saturated carbocycles. The summed E-state index contributed by atoms with van der Waals surface area (Å²) in [6.45, 7) is 0. The molecule has 5 nitrogen and oxygen atoms in total. The molecule has 0 spiro atoms. The van der Waals surface area contributed by atoms with Gasteiger partial charge in [-0.05, 0) is 30.3 Å². The summed E-state index contributed by atoms with van der Waals surface area (Å²) in [5, 5.41) is 4.96. The van der Waals surface area contributed by atoms with Crippen molar-refractivity contribution in [2.24, 2.45) is 0 Å². The molecule has 2 heterocycles. The van der Waals surface area contributed by atoms with Crippen LogP contribution in [0.15, 0.2) is 54.3 Å². The van der Waals surface area contributed by atoms with E-state index >= 15 is 0 Å². The lowest BCUT2D eigenvalue weighted by Crippen LogP contribution is -2.07. The largest absolute Gasteiger partial charge is 0.298 e. The minimum absolute atomic E-state index is 0.275. The summed E-state index contributed by atoms with van der Waals surface area (Å²) in [7, 11) is 0. The van der Waals surface area contributed by atoms with Gasteiger partial charge in [-0.15, -0.1) is 11.3 Å². The van der Waals surface area contributed by atoms with Crippen LogP contribution < -0.4 is 5.32 Å². The maximum absolute atomic E-state index is 12.9. The second-order valence-electron chi connectivity index (χ2n) is 4.51. The number of anilines is 1. The fourth-order valence-corrected chi connectivity index (χ4v) is 2.31. The minimum Gasteiger partial charge on any atom is -0.298 e. The van der Waals surface area contributed by atoms with Crippen molar-refractivity contribution in [3.8, 4) is 11.4 Å². The van der Waals surface area contributed by atoms with Gasteiger partial charge in [0.15, 0.2) is 11.0 Å². The minimum atomic E-state index is -0.306. The van der Waals surface area contributed by atoms with Crippen LogP contribution in [0, 0.1) is 5.82 Å². The summed E-state index contributed by atoms with van der Waals surface area (Å²) >= 11 is 1.35. The highest BCUT2D eigenvalue weighted by Gasteiger charge is 2.02. The van der Waals surface area contributed by atoms with Crippen molar-refractivity contribution in [3.05, 3.63) is 65.7 Å². The van der Waals surface area contributed by atoms with E-state index in [0.29, 0.717) is 16.5 Å². The zero-order chi connectivity index (χ0) is 16.1. The Balaban J connectivity index is 1.66. The van der Waals surface area contributed by atoms with Crippen LogP contribution in [-0.4, -0.2) is 20.9 Å². The molecule has 0 saturated heterocycles. The fourth-order valence-electron chi connectivity index (χ4n) is 1.78. The van der Waals surface area contributed by atoms with Gasteiger partial charge in [-0.1, -0.05) is 0 Å². The van der Waals surface area contributed by atoms with Crippen LogP contribution in [-0.2, 0) is 4.79 Å². The van der Waals surface area contributed by atoms with E-state index in [4.69, 9.17) is 0 Å². The van der Waals surface area contributed by atoms with Gasteiger partial charge in [0, 0.05) is 41.2 Å². The Labute approximate surface area is 135 Å². The molecular weight excluding hydrogens is 315 g/mol. The molecule has 7 heteroatoms. The first-order chi connectivity index (χ1) is 11.2. The number of carbonyl (C=O) groups excluding carboxylic acids is 1. The summed E-state index contributed by atoms with van der Waals surface area (Å²) in [6, 6.07) is 5.94. The van der Waals surface area contributed by atoms with Gasteiger partial charge >= 0.3 is 0 Å². The van der Waals surface area contributed by atoms with E-state index in [2.05, 4.69) is 20.3 Å². The molecule has 0 aliphatic heterocycles. The number of hydrogen-bond donors (Lipinski definition) is 1. The molecule has 1 amide bonds. The van der Waals surface area contributed by atoms with E-state index in [1.54, 1.807) is 42.2 Å². The van der Waals surface area contributed by atoms with Crippen LogP contribution in [0.25, 0.3) is 17.5 Å². The molecule has 0 unspecified atom stereocenters. The van der Waals surface area contributed by atoms with E-state index in [1.165, 1.54) is 29.5 Å². The van der Waals surface area contributed by atoms with Crippen molar-refractivity contribution in [2.75, 3.05) is 5.32 Å². The third-order valence-electron chi connectivity index (χ3n) is 2.86. The number of nitrogens with one attached hydrogen (secondary N) is 1. The van der Waals surface area contributed by atoms with E-state index in [0.717, 1.165) is 5.56 Å². The lowest BCUT2D eigenvalue weighted by atomic mass is 10.2. The van der Waals surface area contributed by atoms with Crippen LogP contribution in [0.5, 0.6) is 0 Å². The number of aromatic nitrogens is 3. The predicted octanol–water partition coefficient (Wildman–Crippen LogP) is 3.39. The van der Waals surface area contributed by atoms with Crippen LogP contribution in [0.4, 0.5) is 9.52 Å². The molecule has 0 bridgehead atoms.